The molecule has 1 N–H and O–H groups in total. The van der Waals surface area contributed by atoms with Crippen molar-refractivity contribution in [2.45, 2.75) is 6.42 Å². The number of aromatic nitrogens is 4. The Balaban J connectivity index is 1.83. The highest BCUT2D eigenvalue weighted by Gasteiger charge is 2.16. The number of aromatic amines is 1. The van der Waals surface area contributed by atoms with Gasteiger partial charge in [-0.25, -0.2) is 4.68 Å². The van der Waals surface area contributed by atoms with Gasteiger partial charge in [0.15, 0.2) is 5.69 Å². The quantitative estimate of drug-likeness (QED) is 0.631. The maximum Gasteiger partial charge on any atom is 0.186 e. The van der Waals surface area contributed by atoms with Gasteiger partial charge < -0.3 is 4.98 Å². The largest absolute Gasteiger partial charge is 0.361 e. The highest BCUT2D eigenvalue weighted by molar-refractivity contribution is 5.83. The van der Waals surface area contributed by atoms with Gasteiger partial charge in [-0.2, -0.15) is 5.26 Å². The fourth-order valence-corrected chi connectivity index (χ4v) is 2.78. The van der Waals surface area contributed by atoms with Crippen molar-refractivity contribution in [1.82, 2.24) is 20.0 Å². The van der Waals surface area contributed by atoms with Crippen LogP contribution in [-0.4, -0.2) is 20.0 Å². The first-order valence-electron chi connectivity index (χ1n) is 7.32. The van der Waals surface area contributed by atoms with Gasteiger partial charge >= 0.3 is 0 Å². The molecule has 4 aromatic rings. The number of H-pyrrole nitrogens is 1. The number of rotatable bonds is 3. The molecule has 2 heterocycles. The first-order chi connectivity index (χ1) is 11.4. The van der Waals surface area contributed by atoms with Crippen LogP contribution < -0.4 is 0 Å². The molecule has 0 radical (unpaired) electrons. The molecule has 0 aliphatic carbocycles. The number of benzene rings is 2. The van der Waals surface area contributed by atoms with Crippen molar-refractivity contribution in [1.29, 1.82) is 5.26 Å². The van der Waals surface area contributed by atoms with Crippen molar-refractivity contribution in [3.63, 3.8) is 0 Å². The molecule has 0 fully saturated rings. The zero-order valence-corrected chi connectivity index (χ0v) is 12.3. The van der Waals surface area contributed by atoms with E-state index in [1.54, 1.807) is 4.68 Å². The van der Waals surface area contributed by atoms with E-state index in [1.807, 2.05) is 54.7 Å². The molecule has 2 aromatic heterocycles. The van der Waals surface area contributed by atoms with Crippen LogP contribution in [0.25, 0.3) is 16.6 Å². The molecule has 4 rings (SSSR count). The zero-order chi connectivity index (χ0) is 15.6. The van der Waals surface area contributed by atoms with Crippen LogP contribution in [-0.2, 0) is 6.42 Å². The van der Waals surface area contributed by atoms with E-state index in [-0.39, 0.29) is 0 Å². The molecule has 5 nitrogen and oxygen atoms in total. The summed E-state index contributed by atoms with van der Waals surface area (Å²) in [4.78, 5) is 3.26. The van der Waals surface area contributed by atoms with E-state index >= 15 is 0 Å². The van der Waals surface area contributed by atoms with E-state index in [0.717, 1.165) is 27.8 Å². The molecule has 5 heteroatoms. The van der Waals surface area contributed by atoms with Gasteiger partial charge in [-0.05, 0) is 23.8 Å². The number of hydrogen-bond acceptors (Lipinski definition) is 3. The highest BCUT2D eigenvalue weighted by atomic mass is 15.4. The van der Waals surface area contributed by atoms with Gasteiger partial charge in [0.25, 0.3) is 0 Å². The highest BCUT2D eigenvalue weighted by Crippen LogP contribution is 2.23. The van der Waals surface area contributed by atoms with Crippen LogP contribution >= 0.6 is 0 Å². The van der Waals surface area contributed by atoms with Crippen LogP contribution in [0.5, 0.6) is 0 Å². The predicted octanol–water partition coefficient (Wildman–Crippen LogP) is 3.21. The Morgan fingerprint density at radius 2 is 1.83 bits per heavy atom. The average molecular weight is 299 g/mol. The summed E-state index contributed by atoms with van der Waals surface area (Å²) >= 11 is 0. The molecular formula is C18H13N5. The van der Waals surface area contributed by atoms with E-state index in [1.165, 1.54) is 0 Å². The number of nitrogens with zero attached hydrogens (tertiary/aromatic N) is 4. The lowest BCUT2D eigenvalue weighted by Gasteiger charge is -2.06. The summed E-state index contributed by atoms with van der Waals surface area (Å²) in [5.41, 5.74) is 4.26. The van der Waals surface area contributed by atoms with E-state index in [2.05, 4.69) is 27.4 Å². The minimum atomic E-state index is 0.360. The van der Waals surface area contributed by atoms with Gasteiger partial charge in [0, 0.05) is 23.5 Å². The molecule has 23 heavy (non-hydrogen) atoms. The van der Waals surface area contributed by atoms with Crippen molar-refractivity contribution >= 4 is 10.9 Å². The summed E-state index contributed by atoms with van der Waals surface area (Å²) in [6.45, 7) is 0. The van der Waals surface area contributed by atoms with Crippen molar-refractivity contribution < 1.29 is 0 Å². The third-order valence-electron chi connectivity index (χ3n) is 3.90. The number of hydrogen-bond donors (Lipinski definition) is 1. The third-order valence-corrected chi connectivity index (χ3v) is 3.90. The van der Waals surface area contributed by atoms with Crippen LogP contribution in [0.15, 0.2) is 60.8 Å². The molecule has 0 amide bonds. The molecule has 110 valence electrons. The van der Waals surface area contributed by atoms with Gasteiger partial charge in [-0.1, -0.05) is 41.6 Å². The second-order valence-electron chi connectivity index (χ2n) is 5.28. The second kappa shape index (κ2) is 5.43. The normalized spacial score (nSPS) is 10.7. The Labute approximate surface area is 132 Å². The van der Waals surface area contributed by atoms with Gasteiger partial charge in [0.05, 0.1) is 11.4 Å². The summed E-state index contributed by atoms with van der Waals surface area (Å²) < 4.78 is 1.74. The fourth-order valence-electron chi connectivity index (χ4n) is 2.78. The predicted molar refractivity (Wildman–Crippen MR) is 87.2 cm³/mol. The average Bonchev–Trinajstić information content (AvgIpc) is 3.20. The molecule has 0 aliphatic rings. The van der Waals surface area contributed by atoms with E-state index in [9.17, 15) is 5.26 Å². The summed E-state index contributed by atoms with van der Waals surface area (Å²) in [5, 5.41) is 18.7. The number of fused-ring (bicyclic) bond motifs is 1. The van der Waals surface area contributed by atoms with E-state index < -0.39 is 0 Å². The number of nitriles is 1. The van der Waals surface area contributed by atoms with E-state index in [4.69, 9.17) is 0 Å². The van der Waals surface area contributed by atoms with Crippen molar-refractivity contribution in [3.05, 3.63) is 77.7 Å². The van der Waals surface area contributed by atoms with Crippen LogP contribution in [0.2, 0.25) is 0 Å². The van der Waals surface area contributed by atoms with Crippen molar-refractivity contribution in [2.24, 2.45) is 0 Å². The summed E-state index contributed by atoms with van der Waals surface area (Å²) in [5.74, 6) is 0. The lowest BCUT2D eigenvalue weighted by Crippen LogP contribution is -2.03. The van der Waals surface area contributed by atoms with Gasteiger partial charge in [-0.3, -0.25) is 0 Å². The Morgan fingerprint density at radius 1 is 1.04 bits per heavy atom. The monoisotopic (exact) mass is 299 g/mol. The first-order valence-corrected chi connectivity index (χ1v) is 7.32. The minimum absolute atomic E-state index is 0.360. The van der Waals surface area contributed by atoms with Crippen LogP contribution in [0, 0.1) is 11.3 Å². The summed E-state index contributed by atoms with van der Waals surface area (Å²) in [6.07, 6.45) is 2.57. The Bertz CT molecular complexity index is 1000. The summed E-state index contributed by atoms with van der Waals surface area (Å²) in [6, 6.07) is 20.0. The molecule has 0 atom stereocenters. The smallest absolute Gasteiger partial charge is 0.186 e. The standard InChI is InChI=1S/C18H13N5/c19-11-17-18(23(22-21-17)14-6-2-1-3-7-14)10-13-12-20-16-9-5-4-8-15(13)16/h1-9,12,20H,10H2. The lowest BCUT2D eigenvalue weighted by atomic mass is 10.1. The fraction of sp³-hybridized carbons (Fsp3) is 0.0556. The van der Waals surface area contributed by atoms with Gasteiger partial charge in [-0.15, -0.1) is 5.10 Å². The Morgan fingerprint density at radius 3 is 2.65 bits per heavy atom. The molecule has 0 aliphatic heterocycles. The van der Waals surface area contributed by atoms with Crippen LogP contribution in [0.1, 0.15) is 17.0 Å². The molecule has 0 bridgehead atoms. The second-order valence-corrected chi connectivity index (χ2v) is 5.28. The van der Waals surface area contributed by atoms with Crippen molar-refractivity contribution in [2.75, 3.05) is 0 Å². The van der Waals surface area contributed by atoms with Gasteiger partial charge in [0.1, 0.15) is 6.07 Å². The molecule has 0 saturated carbocycles. The SMILES string of the molecule is N#Cc1nnn(-c2ccccc2)c1Cc1c[nH]c2ccccc12. The van der Waals surface area contributed by atoms with Crippen molar-refractivity contribution in [3.8, 4) is 11.8 Å². The molecule has 0 saturated heterocycles. The third kappa shape index (κ3) is 2.27. The van der Waals surface area contributed by atoms with Gasteiger partial charge in [0.2, 0.25) is 0 Å². The zero-order valence-electron chi connectivity index (χ0n) is 12.3. The topological polar surface area (TPSA) is 70.3 Å². The van der Waals surface area contributed by atoms with Crippen LogP contribution in [0.3, 0.4) is 0 Å². The Kier molecular flexibility index (Phi) is 3.13. The molecule has 0 unspecified atom stereocenters. The number of para-hydroxylation sites is 2. The minimum Gasteiger partial charge on any atom is -0.361 e. The Hall–Kier alpha value is -3.39. The maximum absolute atomic E-state index is 9.35. The lowest BCUT2D eigenvalue weighted by molar-refractivity contribution is 0.773. The molecule has 0 spiro atoms. The first kappa shape index (κ1) is 13.3. The maximum atomic E-state index is 9.35. The number of nitrogens with one attached hydrogen (secondary N) is 1. The molecule has 2 aromatic carbocycles. The van der Waals surface area contributed by atoms with E-state index in [0.29, 0.717) is 12.1 Å². The van der Waals surface area contributed by atoms with Crippen LogP contribution in [0.4, 0.5) is 0 Å². The molecular weight excluding hydrogens is 286 g/mol. The summed E-state index contributed by atoms with van der Waals surface area (Å²) in [7, 11) is 0.